The largest absolute Gasteiger partial charge is 0.498 e. The Morgan fingerprint density at radius 1 is 1.42 bits per heavy atom. The molecule has 0 heterocycles. The molecular weight excluding hydrogens is 152 g/mol. The lowest BCUT2D eigenvalue weighted by Crippen LogP contribution is -1.95. The van der Waals surface area contributed by atoms with Crippen LogP contribution >= 0.6 is 0 Å². The molecule has 0 aromatic rings. The van der Waals surface area contributed by atoms with Gasteiger partial charge in [-0.05, 0) is 20.3 Å². The highest BCUT2D eigenvalue weighted by atomic mass is 16.5. The molecule has 0 radical (unpaired) electrons. The predicted octanol–water partition coefficient (Wildman–Crippen LogP) is 2.69. The van der Waals surface area contributed by atoms with E-state index in [4.69, 9.17) is 4.74 Å². The number of rotatable bonds is 6. The summed E-state index contributed by atoms with van der Waals surface area (Å²) in [5.74, 6) is 0.890. The number of carbonyl (C=O) groups excluding carboxylic acids is 1. The number of ketones is 1. The molecule has 0 aromatic carbocycles. The first kappa shape index (κ1) is 11.2. The molecule has 12 heavy (non-hydrogen) atoms. The summed E-state index contributed by atoms with van der Waals surface area (Å²) in [5, 5.41) is 0. The molecular formula is C10H18O2. The monoisotopic (exact) mass is 170 g/mol. The Bertz CT molecular complexity index is 159. The number of allylic oxidation sites excluding steroid dienone is 2. The molecule has 0 saturated heterocycles. The summed E-state index contributed by atoms with van der Waals surface area (Å²) < 4.78 is 5.30. The second kappa shape index (κ2) is 6.89. The molecule has 0 N–H and O–H groups in total. The molecule has 0 atom stereocenters. The fourth-order valence-corrected chi connectivity index (χ4v) is 0.949. The van der Waals surface area contributed by atoms with Crippen LogP contribution in [0.2, 0.25) is 0 Å². The van der Waals surface area contributed by atoms with Crippen LogP contribution in [0.25, 0.3) is 0 Å². The van der Waals surface area contributed by atoms with E-state index in [0.29, 0.717) is 6.61 Å². The zero-order valence-electron chi connectivity index (χ0n) is 8.22. The maximum atomic E-state index is 10.7. The lowest BCUT2D eigenvalue weighted by Gasteiger charge is -2.06. The average molecular weight is 170 g/mol. The van der Waals surface area contributed by atoms with E-state index in [1.54, 1.807) is 13.0 Å². The molecule has 0 aliphatic carbocycles. The second-order valence-corrected chi connectivity index (χ2v) is 2.76. The van der Waals surface area contributed by atoms with Crippen molar-refractivity contribution in [3.05, 3.63) is 11.8 Å². The summed E-state index contributed by atoms with van der Waals surface area (Å²) in [6, 6.07) is 0. The number of hydrogen-bond donors (Lipinski definition) is 0. The average Bonchev–Trinajstić information content (AvgIpc) is 2.00. The van der Waals surface area contributed by atoms with E-state index in [9.17, 15) is 4.79 Å². The third-order valence-electron chi connectivity index (χ3n) is 1.47. The van der Waals surface area contributed by atoms with Crippen molar-refractivity contribution in [3.63, 3.8) is 0 Å². The second-order valence-electron chi connectivity index (χ2n) is 2.76. The van der Waals surface area contributed by atoms with Gasteiger partial charge in [0.2, 0.25) is 0 Å². The molecule has 2 heteroatoms. The van der Waals surface area contributed by atoms with Crippen molar-refractivity contribution in [1.82, 2.24) is 0 Å². The van der Waals surface area contributed by atoms with Gasteiger partial charge in [-0.1, -0.05) is 13.3 Å². The van der Waals surface area contributed by atoms with E-state index in [2.05, 4.69) is 6.92 Å². The van der Waals surface area contributed by atoms with Crippen LogP contribution in [0.1, 0.15) is 40.0 Å². The first-order valence-corrected chi connectivity index (χ1v) is 4.54. The van der Waals surface area contributed by atoms with Crippen molar-refractivity contribution < 1.29 is 9.53 Å². The summed E-state index contributed by atoms with van der Waals surface area (Å²) in [4.78, 5) is 10.7. The van der Waals surface area contributed by atoms with Crippen LogP contribution in [0.5, 0.6) is 0 Å². The van der Waals surface area contributed by atoms with Crippen LogP contribution in [-0.4, -0.2) is 12.4 Å². The zero-order valence-corrected chi connectivity index (χ0v) is 8.22. The van der Waals surface area contributed by atoms with Crippen molar-refractivity contribution in [2.45, 2.75) is 40.0 Å². The Kier molecular flexibility index (Phi) is 6.44. The maximum absolute atomic E-state index is 10.7. The highest BCUT2D eigenvalue weighted by Gasteiger charge is 1.98. The molecule has 0 fully saturated rings. The van der Waals surface area contributed by atoms with E-state index >= 15 is 0 Å². The van der Waals surface area contributed by atoms with Gasteiger partial charge >= 0.3 is 0 Å². The van der Waals surface area contributed by atoms with Crippen LogP contribution in [0.15, 0.2) is 11.8 Å². The van der Waals surface area contributed by atoms with Crippen molar-refractivity contribution in [3.8, 4) is 0 Å². The fraction of sp³-hybridized carbons (Fsp3) is 0.700. The van der Waals surface area contributed by atoms with Gasteiger partial charge in [-0.2, -0.15) is 0 Å². The molecule has 0 saturated carbocycles. The molecule has 2 nitrogen and oxygen atoms in total. The molecule has 0 aromatic heterocycles. The minimum Gasteiger partial charge on any atom is -0.498 e. The molecule has 0 rings (SSSR count). The van der Waals surface area contributed by atoms with Crippen LogP contribution < -0.4 is 0 Å². The van der Waals surface area contributed by atoms with Crippen LogP contribution in [0.3, 0.4) is 0 Å². The van der Waals surface area contributed by atoms with Crippen LogP contribution in [-0.2, 0) is 9.53 Å². The minimum atomic E-state index is 0.0644. The van der Waals surface area contributed by atoms with Gasteiger partial charge in [0.25, 0.3) is 0 Å². The van der Waals surface area contributed by atoms with Crippen molar-refractivity contribution in [2.24, 2.45) is 0 Å². The van der Waals surface area contributed by atoms with Gasteiger partial charge < -0.3 is 4.74 Å². The Hall–Kier alpha value is -0.790. The maximum Gasteiger partial charge on any atom is 0.155 e. The Morgan fingerprint density at radius 2 is 2.08 bits per heavy atom. The van der Waals surface area contributed by atoms with Gasteiger partial charge in [-0.15, -0.1) is 0 Å². The smallest absolute Gasteiger partial charge is 0.155 e. The van der Waals surface area contributed by atoms with Crippen molar-refractivity contribution in [1.29, 1.82) is 0 Å². The molecule has 0 aliphatic heterocycles. The standard InChI is InChI=1S/C10H18O2/c1-4-6-7-10(12-5-2)8-9(3)11/h8H,4-7H2,1-3H3/b10-8+. The van der Waals surface area contributed by atoms with Gasteiger partial charge in [0.1, 0.15) is 0 Å². The topological polar surface area (TPSA) is 26.3 Å². The van der Waals surface area contributed by atoms with Gasteiger partial charge in [0, 0.05) is 12.5 Å². The van der Waals surface area contributed by atoms with E-state index in [1.165, 1.54) is 0 Å². The fourth-order valence-electron chi connectivity index (χ4n) is 0.949. The number of carbonyl (C=O) groups is 1. The lowest BCUT2D eigenvalue weighted by atomic mass is 10.2. The highest BCUT2D eigenvalue weighted by molar-refractivity contribution is 5.87. The summed E-state index contributed by atoms with van der Waals surface area (Å²) in [7, 11) is 0. The number of hydrogen-bond acceptors (Lipinski definition) is 2. The Morgan fingerprint density at radius 3 is 2.50 bits per heavy atom. The molecule has 0 bridgehead atoms. The van der Waals surface area contributed by atoms with E-state index in [-0.39, 0.29) is 5.78 Å². The summed E-state index contributed by atoms with van der Waals surface area (Å²) in [5.41, 5.74) is 0. The normalized spacial score (nSPS) is 11.4. The van der Waals surface area contributed by atoms with Crippen molar-refractivity contribution in [2.75, 3.05) is 6.61 Å². The number of ether oxygens (including phenoxy) is 1. The Balaban J connectivity index is 3.93. The molecule has 70 valence electrons. The SMILES string of the molecule is CCCC/C(=C\C(C)=O)OCC. The highest BCUT2D eigenvalue weighted by Crippen LogP contribution is 2.08. The third kappa shape index (κ3) is 5.96. The van der Waals surface area contributed by atoms with Crippen LogP contribution in [0.4, 0.5) is 0 Å². The van der Waals surface area contributed by atoms with E-state index < -0.39 is 0 Å². The number of unbranched alkanes of at least 4 members (excludes halogenated alkanes) is 1. The summed E-state index contributed by atoms with van der Waals surface area (Å²) in [6.07, 6.45) is 4.67. The van der Waals surface area contributed by atoms with Gasteiger partial charge in [0.15, 0.2) is 5.78 Å². The summed E-state index contributed by atoms with van der Waals surface area (Å²) >= 11 is 0. The van der Waals surface area contributed by atoms with Gasteiger partial charge in [-0.3, -0.25) is 4.79 Å². The zero-order chi connectivity index (χ0) is 9.40. The lowest BCUT2D eigenvalue weighted by molar-refractivity contribution is -0.112. The van der Waals surface area contributed by atoms with E-state index in [0.717, 1.165) is 25.0 Å². The quantitative estimate of drug-likeness (QED) is 0.452. The molecule has 0 aliphatic rings. The molecule has 0 unspecified atom stereocenters. The minimum absolute atomic E-state index is 0.0644. The first-order valence-electron chi connectivity index (χ1n) is 4.54. The van der Waals surface area contributed by atoms with Gasteiger partial charge in [0.05, 0.1) is 12.4 Å². The third-order valence-corrected chi connectivity index (χ3v) is 1.47. The molecule has 0 amide bonds. The summed E-state index contributed by atoms with van der Waals surface area (Å²) in [6.45, 7) is 6.24. The van der Waals surface area contributed by atoms with Crippen LogP contribution in [0, 0.1) is 0 Å². The first-order chi connectivity index (χ1) is 5.70. The van der Waals surface area contributed by atoms with E-state index in [1.807, 2.05) is 6.92 Å². The van der Waals surface area contributed by atoms with Crippen molar-refractivity contribution >= 4 is 5.78 Å². The Labute approximate surface area is 74.6 Å². The molecule has 0 spiro atoms. The van der Waals surface area contributed by atoms with Gasteiger partial charge in [-0.25, -0.2) is 0 Å². The predicted molar refractivity (Wildman–Crippen MR) is 49.9 cm³/mol.